The van der Waals surface area contributed by atoms with E-state index in [4.69, 9.17) is 9.97 Å². The van der Waals surface area contributed by atoms with Gasteiger partial charge in [-0.25, -0.2) is 9.97 Å². The van der Waals surface area contributed by atoms with Gasteiger partial charge in [0.1, 0.15) is 0 Å². The number of benzene rings is 3. The van der Waals surface area contributed by atoms with Gasteiger partial charge in [-0.1, -0.05) is 102 Å². The van der Waals surface area contributed by atoms with Crippen LogP contribution in [0, 0.1) is 0 Å². The molecule has 3 heterocycles. The normalized spacial score (nSPS) is 12.0. The first kappa shape index (κ1) is 27.5. The fraction of sp³-hybridized carbons (Fsp3) is 0.211. The molecule has 0 N–H and O–H groups in total. The van der Waals surface area contributed by atoms with Crippen molar-refractivity contribution in [2.75, 3.05) is 0 Å². The third kappa shape index (κ3) is 5.33. The van der Waals surface area contributed by atoms with Crippen molar-refractivity contribution in [1.82, 2.24) is 19.9 Å². The molecule has 0 aliphatic carbocycles. The van der Waals surface area contributed by atoms with Crippen molar-refractivity contribution in [2.45, 2.75) is 52.4 Å². The van der Waals surface area contributed by atoms with Gasteiger partial charge in [-0.15, -0.1) is 0 Å². The number of hydrogen-bond donors (Lipinski definition) is 0. The second-order valence-electron chi connectivity index (χ2n) is 12.9. The van der Waals surface area contributed by atoms with Crippen LogP contribution in [0.1, 0.15) is 52.7 Å². The lowest BCUT2D eigenvalue weighted by atomic mass is 9.80. The van der Waals surface area contributed by atoms with Crippen LogP contribution < -0.4 is 0 Å². The summed E-state index contributed by atoms with van der Waals surface area (Å²) in [5.41, 5.74) is 12.6. The highest BCUT2D eigenvalue weighted by atomic mass is 14.8. The van der Waals surface area contributed by atoms with Crippen molar-refractivity contribution in [2.24, 2.45) is 0 Å². The van der Waals surface area contributed by atoms with Crippen LogP contribution in [0.4, 0.5) is 0 Å². The van der Waals surface area contributed by atoms with Crippen LogP contribution in [0.5, 0.6) is 0 Å². The third-order valence-corrected chi connectivity index (χ3v) is 7.78. The molecule has 0 fully saturated rings. The van der Waals surface area contributed by atoms with Gasteiger partial charge in [0, 0.05) is 35.9 Å². The molecule has 0 bridgehead atoms. The zero-order chi connectivity index (χ0) is 29.5. The number of nitrogens with zero attached hydrogens (tertiary/aromatic N) is 4. The van der Waals surface area contributed by atoms with E-state index in [-0.39, 0.29) is 10.8 Å². The van der Waals surface area contributed by atoms with E-state index in [0.717, 1.165) is 55.8 Å². The van der Waals surface area contributed by atoms with Crippen molar-refractivity contribution in [3.05, 3.63) is 121 Å². The molecule has 0 unspecified atom stereocenters. The molecule has 4 heteroatoms. The number of aromatic nitrogens is 4. The molecule has 6 rings (SSSR count). The third-order valence-electron chi connectivity index (χ3n) is 7.78. The number of hydrogen-bond acceptors (Lipinski definition) is 4. The van der Waals surface area contributed by atoms with Gasteiger partial charge in [0.25, 0.3) is 0 Å². The van der Waals surface area contributed by atoms with Crippen LogP contribution in [-0.4, -0.2) is 19.9 Å². The van der Waals surface area contributed by atoms with Crippen molar-refractivity contribution < 1.29 is 0 Å². The maximum atomic E-state index is 5.46. The van der Waals surface area contributed by atoms with E-state index in [9.17, 15) is 0 Å². The van der Waals surface area contributed by atoms with Gasteiger partial charge in [-0.3, -0.25) is 9.97 Å². The quantitative estimate of drug-likeness (QED) is 0.220. The Morgan fingerprint density at radius 2 is 0.643 bits per heavy atom. The van der Waals surface area contributed by atoms with Gasteiger partial charge in [0.2, 0.25) is 0 Å². The minimum Gasteiger partial charge on any atom is -0.265 e. The topological polar surface area (TPSA) is 51.6 Å². The highest BCUT2D eigenvalue weighted by molar-refractivity contribution is 5.91. The summed E-state index contributed by atoms with van der Waals surface area (Å²) in [4.78, 5) is 19.3. The second kappa shape index (κ2) is 10.6. The number of pyridine rings is 2. The van der Waals surface area contributed by atoms with Gasteiger partial charge in [-0.05, 0) is 68.5 Å². The van der Waals surface area contributed by atoms with Crippen LogP contribution in [0.25, 0.3) is 55.8 Å². The summed E-state index contributed by atoms with van der Waals surface area (Å²) in [7, 11) is 0. The molecule has 208 valence electrons. The summed E-state index contributed by atoms with van der Waals surface area (Å²) in [5, 5.41) is 0. The number of rotatable bonds is 4. The first-order valence-corrected chi connectivity index (χ1v) is 14.5. The Bertz CT molecular complexity index is 1710. The van der Waals surface area contributed by atoms with Crippen LogP contribution in [0.3, 0.4) is 0 Å². The van der Waals surface area contributed by atoms with Gasteiger partial charge >= 0.3 is 0 Å². The van der Waals surface area contributed by atoms with E-state index >= 15 is 0 Å². The average Bonchev–Trinajstić information content (AvgIpc) is 3.00. The highest BCUT2D eigenvalue weighted by Gasteiger charge is 2.26. The minimum atomic E-state index is -0.0838. The first-order chi connectivity index (χ1) is 20.1. The fourth-order valence-electron chi connectivity index (χ4n) is 5.48. The largest absolute Gasteiger partial charge is 0.265 e. The molecule has 3 aromatic heterocycles. The summed E-state index contributed by atoms with van der Waals surface area (Å²) >= 11 is 0. The molecule has 6 aromatic rings. The molecule has 0 aliphatic heterocycles. The van der Waals surface area contributed by atoms with Crippen LogP contribution in [-0.2, 0) is 10.8 Å². The average molecular weight is 549 g/mol. The molecular weight excluding hydrogens is 512 g/mol. The SMILES string of the molecule is CC(C)(C)c1ccc(C(C)(C)C)c2nc(-c3ccc(-c4ccncc4)cc3)c(-c3ccc(-c4ccncc4)cc3)nc12. The maximum Gasteiger partial charge on any atom is 0.0973 e. The summed E-state index contributed by atoms with van der Waals surface area (Å²) < 4.78 is 0. The van der Waals surface area contributed by atoms with E-state index in [1.165, 1.54) is 11.1 Å². The molecule has 4 nitrogen and oxygen atoms in total. The Labute approximate surface area is 248 Å². The lowest BCUT2D eigenvalue weighted by Crippen LogP contribution is -2.17. The molecular formula is C38H36N4. The Hall–Kier alpha value is -4.70. The fourth-order valence-corrected chi connectivity index (χ4v) is 5.48. The van der Waals surface area contributed by atoms with Gasteiger partial charge in [0.05, 0.1) is 22.4 Å². The Morgan fingerprint density at radius 3 is 0.952 bits per heavy atom. The van der Waals surface area contributed by atoms with Crippen LogP contribution in [0.15, 0.2) is 110 Å². The zero-order valence-corrected chi connectivity index (χ0v) is 25.2. The van der Waals surface area contributed by atoms with Gasteiger partial charge < -0.3 is 0 Å². The lowest BCUT2D eigenvalue weighted by Gasteiger charge is -2.26. The minimum absolute atomic E-state index is 0.0838. The van der Waals surface area contributed by atoms with Crippen molar-refractivity contribution in [3.63, 3.8) is 0 Å². The summed E-state index contributed by atoms with van der Waals surface area (Å²) in [6.45, 7) is 13.5. The highest BCUT2D eigenvalue weighted by Crippen LogP contribution is 2.39. The molecule has 0 atom stereocenters. The molecule has 0 amide bonds. The van der Waals surface area contributed by atoms with E-state index in [1.807, 2.05) is 49.1 Å². The zero-order valence-electron chi connectivity index (χ0n) is 25.2. The summed E-state index contributed by atoms with van der Waals surface area (Å²) in [6.07, 6.45) is 7.30. The van der Waals surface area contributed by atoms with Crippen LogP contribution >= 0.6 is 0 Å². The van der Waals surface area contributed by atoms with Gasteiger partial charge in [-0.2, -0.15) is 0 Å². The number of fused-ring (bicyclic) bond motifs is 1. The van der Waals surface area contributed by atoms with Gasteiger partial charge in [0.15, 0.2) is 0 Å². The van der Waals surface area contributed by atoms with E-state index in [1.54, 1.807) is 0 Å². The molecule has 3 aromatic carbocycles. The summed E-state index contributed by atoms with van der Waals surface area (Å²) in [5.74, 6) is 0. The molecule has 0 radical (unpaired) electrons. The Morgan fingerprint density at radius 1 is 0.357 bits per heavy atom. The monoisotopic (exact) mass is 548 g/mol. The van der Waals surface area contributed by atoms with E-state index < -0.39 is 0 Å². The standard InChI is InChI=1S/C38H36N4/c1-37(2,3)31-15-16-32(38(4,5)6)36-35(31)41-33(29-11-7-25(8-12-29)27-17-21-39-22-18-27)34(42-36)30-13-9-26(10-14-30)28-19-23-40-24-20-28/h7-24H,1-6H3. The lowest BCUT2D eigenvalue weighted by molar-refractivity contribution is 0.583. The molecule has 42 heavy (non-hydrogen) atoms. The van der Waals surface area contributed by atoms with E-state index in [0.29, 0.717) is 0 Å². The molecule has 0 saturated heterocycles. The Kier molecular flexibility index (Phi) is 6.94. The Balaban J connectivity index is 1.59. The van der Waals surface area contributed by atoms with Crippen LogP contribution in [0.2, 0.25) is 0 Å². The molecule has 0 aliphatic rings. The van der Waals surface area contributed by atoms with Crippen molar-refractivity contribution in [3.8, 4) is 44.8 Å². The second-order valence-corrected chi connectivity index (χ2v) is 12.9. The molecule has 0 saturated carbocycles. The summed E-state index contributed by atoms with van der Waals surface area (Å²) in [6, 6.07) is 29.9. The van der Waals surface area contributed by atoms with E-state index in [2.05, 4.69) is 112 Å². The predicted molar refractivity (Wildman–Crippen MR) is 174 cm³/mol. The van der Waals surface area contributed by atoms with Crippen molar-refractivity contribution in [1.29, 1.82) is 0 Å². The first-order valence-electron chi connectivity index (χ1n) is 14.5. The van der Waals surface area contributed by atoms with Crippen molar-refractivity contribution >= 4 is 11.0 Å². The maximum absolute atomic E-state index is 5.46. The molecule has 0 spiro atoms. The predicted octanol–water partition coefficient (Wildman–Crippen LogP) is 9.68. The smallest absolute Gasteiger partial charge is 0.0973 e.